The molecule has 1 aromatic carbocycles. The third kappa shape index (κ3) is 3.02. The van der Waals surface area contributed by atoms with Crippen LogP contribution in [0.15, 0.2) is 23.1 Å². The van der Waals surface area contributed by atoms with Gasteiger partial charge in [0.25, 0.3) is 0 Å². The number of sulfonamides is 1. The van der Waals surface area contributed by atoms with Gasteiger partial charge in [-0.1, -0.05) is 0 Å². The van der Waals surface area contributed by atoms with Crippen molar-refractivity contribution < 1.29 is 13.2 Å². The summed E-state index contributed by atoms with van der Waals surface area (Å²) in [5.41, 5.74) is 7.06. The fourth-order valence-corrected chi connectivity index (χ4v) is 2.84. The Morgan fingerprint density at radius 1 is 1.35 bits per heavy atom. The summed E-state index contributed by atoms with van der Waals surface area (Å²) in [6.07, 6.45) is 0.364. The highest BCUT2D eigenvalue weighted by Crippen LogP contribution is 2.27. The van der Waals surface area contributed by atoms with E-state index in [2.05, 4.69) is 10.0 Å². The van der Waals surface area contributed by atoms with Crippen LogP contribution < -0.4 is 20.7 Å². The van der Waals surface area contributed by atoms with E-state index in [1.807, 2.05) is 4.90 Å². The first-order valence-corrected chi connectivity index (χ1v) is 7.77. The first-order chi connectivity index (χ1) is 9.44. The predicted octanol–water partition coefficient (Wildman–Crippen LogP) is -0.497. The summed E-state index contributed by atoms with van der Waals surface area (Å²) in [7, 11) is -2.15. The molecule has 0 atom stereocenters. The Balaban J connectivity index is 2.35. The molecule has 1 aromatic rings. The van der Waals surface area contributed by atoms with Gasteiger partial charge in [-0.05, 0) is 25.2 Å². The van der Waals surface area contributed by atoms with Crippen molar-refractivity contribution in [1.82, 2.24) is 10.0 Å². The maximum atomic E-state index is 11.8. The predicted molar refractivity (Wildman–Crippen MR) is 76.9 cm³/mol. The Kier molecular flexibility index (Phi) is 4.15. The quantitative estimate of drug-likeness (QED) is 0.653. The number of hydrogen-bond donors (Lipinski definition) is 3. The van der Waals surface area contributed by atoms with Crippen molar-refractivity contribution in [1.29, 1.82) is 0 Å². The van der Waals surface area contributed by atoms with Crippen molar-refractivity contribution in [2.75, 3.05) is 37.3 Å². The van der Waals surface area contributed by atoms with E-state index in [9.17, 15) is 13.2 Å². The average molecular weight is 298 g/mol. The van der Waals surface area contributed by atoms with Gasteiger partial charge < -0.3 is 16.0 Å². The summed E-state index contributed by atoms with van der Waals surface area (Å²) in [6.45, 7) is 1.62. The van der Waals surface area contributed by atoms with Crippen molar-refractivity contribution in [3.63, 3.8) is 0 Å². The number of nitrogen functional groups attached to an aromatic ring is 1. The van der Waals surface area contributed by atoms with Crippen LogP contribution in [0.1, 0.15) is 6.42 Å². The lowest BCUT2D eigenvalue weighted by Gasteiger charge is -2.24. The van der Waals surface area contributed by atoms with Crippen LogP contribution in [0.25, 0.3) is 0 Å². The van der Waals surface area contributed by atoms with Crippen LogP contribution in [0.3, 0.4) is 0 Å². The Hall–Kier alpha value is -1.80. The molecule has 4 N–H and O–H groups in total. The largest absolute Gasteiger partial charge is 0.397 e. The highest BCUT2D eigenvalue weighted by atomic mass is 32.2. The van der Waals surface area contributed by atoms with E-state index in [1.54, 1.807) is 6.07 Å². The Labute approximate surface area is 118 Å². The average Bonchev–Trinajstić information content (AvgIpc) is 2.64. The third-order valence-corrected chi connectivity index (χ3v) is 4.65. The molecule has 2 rings (SSSR count). The lowest BCUT2D eigenvalue weighted by atomic mass is 10.2. The minimum absolute atomic E-state index is 0.00919. The molecule has 8 heteroatoms. The third-order valence-electron chi connectivity index (χ3n) is 3.23. The van der Waals surface area contributed by atoms with Crippen LogP contribution in [-0.2, 0) is 14.8 Å². The van der Waals surface area contributed by atoms with E-state index in [0.29, 0.717) is 37.4 Å². The number of amides is 1. The first kappa shape index (κ1) is 14.6. The van der Waals surface area contributed by atoms with Gasteiger partial charge >= 0.3 is 0 Å². The van der Waals surface area contributed by atoms with Gasteiger partial charge in [-0.3, -0.25) is 4.79 Å². The molecule has 0 radical (unpaired) electrons. The summed E-state index contributed by atoms with van der Waals surface area (Å²) < 4.78 is 25.9. The molecule has 0 spiro atoms. The van der Waals surface area contributed by atoms with Crippen LogP contribution in [0.2, 0.25) is 0 Å². The second-order valence-corrected chi connectivity index (χ2v) is 6.40. The van der Waals surface area contributed by atoms with Crippen molar-refractivity contribution in [2.24, 2.45) is 0 Å². The molecule has 0 unspecified atom stereocenters. The number of hydrogen-bond acceptors (Lipinski definition) is 5. The van der Waals surface area contributed by atoms with E-state index in [1.165, 1.54) is 19.2 Å². The second-order valence-electron chi connectivity index (χ2n) is 4.52. The molecule has 1 amide bonds. The normalized spacial score (nSPS) is 16.6. The van der Waals surface area contributed by atoms with Crippen LogP contribution in [0.4, 0.5) is 11.4 Å². The number of anilines is 2. The molecule has 0 aliphatic carbocycles. The maximum Gasteiger partial charge on any atom is 0.240 e. The van der Waals surface area contributed by atoms with E-state index >= 15 is 0 Å². The zero-order chi connectivity index (χ0) is 14.8. The molecule has 20 heavy (non-hydrogen) atoms. The number of carbonyl (C=O) groups excluding carboxylic acids is 1. The van der Waals surface area contributed by atoms with Crippen molar-refractivity contribution in [2.45, 2.75) is 11.3 Å². The summed E-state index contributed by atoms with van der Waals surface area (Å²) >= 11 is 0. The maximum absolute atomic E-state index is 11.8. The molecule has 0 bridgehead atoms. The van der Waals surface area contributed by atoms with E-state index < -0.39 is 10.0 Å². The summed E-state index contributed by atoms with van der Waals surface area (Å²) in [4.78, 5) is 13.4. The molecule has 7 nitrogen and oxygen atoms in total. The Morgan fingerprint density at radius 3 is 2.80 bits per heavy atom. The number of nitrogens with one attached hydrogen (secondary N) is 2. The second kappa shape index (κ2) is 5.68. The van der Waals surface area contributed by atoms with Gasteiger partial charge in [-0.2, -0.15) is 0 Å². The number of benzene rings is 1. The summed E-state index contributed by atoms with van der Waals surface area (Å²) in [5.74, 6) is -0.00919. The van der Waals surface area contributed by atoms with Crippen LogP contribution in [0, 0.1) is 0 Å². The SMILES string of the molecule is CNS(=O)(=O)c1ccc(N)c(N2CCNC(=O)CC2)c1. The van der Waals surface area contributed by atoms with Gasteiger partial charge in [-0.15, -0.1) is 0 Å². The lowest BCUT2D eigenvalue weighted by molar-refractivity contribution is -0.120. The number of nitrogens with two attached hydrogens (primary N) is 1. The molecule has 1 fully saturated rings. The van der Waals surface area contributed by atoms with Gasteiger partial charge in [-0.25, -0.2) is 13.1 Å². The zero-order valence-electron chi connectivity index (χ0n) is 11.2. The molecule has 0 saturated carbocycles. The highest BCUT2D eigenvalue weighted by molar-refractivity contribution is 7.89. The molecule has 0 aromatic heterocycles. The van der Waals surface area contributed by atoms with Gasteiger partial charge in [0.1, 0.15) is 0 Å². The van der Waals surface area contributed by atoms with Crippen molar-refractivity contribution >= 4 is 27.3 Å². The van der Waals surface area contributed by atoms with Gasteiger partial charge in [0.05, 0.1) is 16.3 Å². The fourth-order valence-electron chi connectivity index (χ4n) is 2.09. The summed E-state index contributed by atoms with van der Waals surface area (Å²) in [5, 5.41) is 2.77. The molecule has 1 saturated heterocycles. The first-order valence-electron chi connectivity index (χ1n) is 6.29. The molecule has 1 aliphatic rings. The van der Waals surface area contributed by atoms with Crippen LogP contribution in [0.5, 0.6) is 0 Å². The minimum Gasteiger partial charge on any atom is -0.397 e. The van der Waals surface area contributed by atoms with E-state index in [4.69, 9.17) is 5.73 Å². The molecular formula is C12H18N4O3S. The van der Waals surface area contributed by atoms with E-state index in [0.717, 1.165) is 0 Å². The van der Waals surface area contributed by atoms with Gasteiger partial charge in [0, 0.05) is 26.1 Å². The summed E-state index contributed by atoms with van der Waals surface area (Å²) in [6, 6.07) is 4.57. The Bertz CT molecular complexity index is 615. The smallest absolute Gasteiger partial charge is 0.240 e. The molecule has 1 aliphatic heterocycles. The minimum atomic E-state index is -3.51. The zero-order valence-corrected chi connectivity index (χ0v) is 12.0. The van der Waals surface area contributed by atoms with Gasteiger partial charge in [0.2, 0.25) is 15.9 Å². The van der Waals surface area contributed by atoms with Crippen LogP contribution in [-0.4, -0.2) is 41.0 Å². The Morgan fingerprint density at radius 2 is 2.10 bits per heavy atom. The van der Waals surface area contributed by atoms with Crippen molar-refractivity contribution in [3.8, 4) is 0 Å². The number of carbonyl (C=O) groups is 1. The molecule has 110 valence electrons. The number of nitrogens with zero attached hydrogens (tertiary/aromatic N) is 1. The van der Waals surface area contributed by atoms with Crippen molar-refractivity contribution in [3.05, 3.63) is 18.2 Å². The molecular weight excluding hydrogens is 280 g/mol. The number of rotatable bonds is 3. The van der Waals surface area contributed by atoms with E-state index in [-0.39, 0.29) is 10.8 Å². The monoisotopic (exact) mass is 298 g/mol. The fraction of sp³-hybridized carbons (Fsp3) is 0.417. The highest BCUT2D eigenvalue weighted by Gasteiger charge is 2.19. The topological polar surface area (TPSA) is 105 Å². The van der Waals surface area contributed by atoms with Crippen LogP contribution >= 0.6 is 0 Å². The lowest BCUT2D eigenvalue weighted by Crippen LogP contribution is -2.29. The standard InChI is InChI=1S/C12H18N4O3S/c1-14-20(18,19)9-2-3-10(13)11(8-9)16-6-4-12(17)15-5-7-16/h2-3,8,14H,4-7,13H2,1H3,(H,15,17). The van der Waals surface area contributed by atoms with Gasteiger partial charge in [0.15, 0.2) is 0 Å². The molecule has 1 heterocycles.